The standard InChI is InChI=1S/C28H38O7/c1-21(15-18-24(19-26(29)30)20-27(31)32)13-11-9-7-5-6-8-10-12-14-25(35-4)22(2)16-17-23(3)28(33)34/h6,8-12,15-19,21,25H,5,7,13-14,20H2,1-4H3,(H,29,30)(H,31,32)(H,33,34)/b8-6+,11-9+,12-10+,18-15+,22-16+,23-17-,24-19-. The maximum atomic E-state index is 10.9. The van der Waals surface area contributed by atoms with E-state index in [2.05, 4.69) is 18.2 Å². The van der Waals surface area contributed by atoms with Gasteiger partial charge in [-0.25, -0.2) is 9.59 Å². The third kappa shape index (κ3) is 17.7. The Labute approximate surface area is 208 Å². The van der Waals surface area contributed by atoms with Crippen molar-refractivity contribution in [3.63, 3.8) is 0 Å². The highest BCUT2D eigenvalue weighted by Gasteiger charge is 2.07. The first kappa shape index (κ1) is 31.6. The van der Waals surface area contributed by atoms with Crippen molar-refractivity contribution in [2.75, 3.05) is 7.11 Å². The number of allylic oxidation sites excluding steroid dienone is 9. The second kappa shape index (κ2) is 18.9. The monoisotopic (exact) mass is 486 g/mol. The zero-order chi connectivity index (χ0) is 26.6. The molecule has 0 amide bonds. The molecule has 0 aliphatic heterocycles. The first-order valence-corrected chi connectivity index (χ1v) is 11.5. The Morgan fingerprint density at radius 1 is 0.886 bits per heavy atom. The maximum Gasteiger partial charge on any atom is 0.331 e. The summed E-state index contributed by atoms with van der Waals surface area (Å²) in [7, 11) is 1.63. The highest BCUT2D eigenvalue weighted by atomic mass is 16.5. The van der Waals surface area contributed by atoms with Gasteiger partial charge in [0.15, 0.2) is 0 Å². The molecule has 2 unspecified atom stereocenters. The summed E-state index contributed by atoms with van der Waals surface area (Å²) in [6.45, 7) is 5.44. The molecule has 2 atom stereocenters. The van der Waals surface area contributed by atoms with Crippen LogP contribution >= 0.6 is 0 Å². The number of aliphatic carboxylic acids is 3. The second-order valence-corrected chi connectivity index (χ2v) is 8.13. The first-order valence-electron chi connectivity index (χ1n) is 11.5. The van der Waals surface area contributed by atoms with Crippen molar-refractivity contribution in [1.82, 2.24) is 0 Å². The summed E-state index contributed by atoms with van der Waals surface area (Å²) in [5, 5.41) is 26.6. The fraction of sp³-hybridized carbons (Fsp3) is 0.393. The lowest BCUT2D eigenvalue weighted by atomic mass is 10.0. The number of methoxy groups -OCH3 is 1. The van der Waals surface area contributed by atoms with Crippen molar-refractivity contribution in [2.24, 2.45) is 5.92 Å². The number of carboxylic acid groups (broad SMARTS) is 3. The Kier molecular flexibility index (Phi) is 17.1. The number of carbonyl (C=O) groups is 3. The minimum Gasteiger partial charge on any atom is -0.481 e. The molecule has 0 rings (SSSR count). The van der Waals surface area contributed by atoms with Gasteiger partial charge in [0.1, 0.15) is 0 Å². The van der Waals surface area contributed by atoms with Crippen LogP contribution in [0.3, 0.4) is 0 Å². The molecule has 0 bridgehead atoms. The summed E-state index contributed by atoms with van der Waals surface area (Å²) >= 11 is 0. The van der Waals surface area contributed by atoms with Crippen molar-refractivity contribution < 1.29 is 34.4 Å². The highest BCUT2D eigenvalue weighted by molar-refractivity contribution is 5.86. The molecule has 0 radical (unpaired) electrons. The third-order valence-corrected chi connectivity index (χ3v) is 4.94. The summed E-state index contributed by atoms with van der Waals surface area (Å²) in [6, 6.07) is 0. The number of rotatable bonds is 17. The molecule has 7 nitrogen and oxygen atoms in total. The predicted molar refractivity (Wildman–Crippen MR) is 138 cm³/mol. The molecule has 0 aromatic rings. The van der Waals surface area contributed by atoms with E-state index in [1.54, 1.807) is 32.3 Å². The molecule has 192 valence electrons. The molecule has 0 saturated heterocycles. The van der Waals surface area contributed by atoms with Crippen molar-refractivity contribution >= 4 is 17.9 Å². The van der Waals surface area contributed by atoms with Gasteiger partial charge in [-0.05, 0) is 56.6 Å². The number of hydrogen-bond acceptors (Lipinski definition) is 4. The van der Waals surface area contributed by atoms with Crippen molar-refractivity contribution in [3.8, 4) is 0 Å². The van der Waals surface area contributed by atoms with Gasteiger partial charge in [0.25, 0.3) is 0 Å². The molecular formula is C28H38O7. The number of hydrogen-bond donors (Lipinski definition) is 3. The van der Waals surface area contributed by atoms with Gasteiger partial charge in [-0.1, -0.05) is 67.7 Å². The average Bonchev–Trinajstić information content (AvgIpc) is 2.78. The van der Waals surface area contributed by atoms with E-state index < -0.39 is 17.9 Å². The van der Waals surface area contributed by atoms with E-state index in [1.165, 1.54) is 0 Å². The van der Waals surface area contributed by atoms with Gasteiger partial charge in [0.05, 0.1) is 12.5 Å². The van der Waals surface area contributed by atoms with Crippen LogP contribution in [-0.4, -0.2) is 46.4 Å². The fourth-order valence-corrected chi connectivity index (χ4v) is 2.84. The Balaban J connectivity index is 4.41. The Hall–Kier alpha value is -3.45. The summed E-state index contributed by atoms with van der Waals surface area (Å²) in [6.07, 6.45) is 22.6. The van der Waals surface area contributed by atoms with Crippen LogP contribution in [0, 0.1) is 5.92 Å². The van der Waals surface area contributed by atoms with E-state index >= 15 is 0 Å². The summed E-state index contributed by atoms with van der Waals surface area (Å²) in [5.41, 5.74) is 1.48. The molecule has 0 aliphatic carbocycles. The molecule has 0 heterocycles. The SMILES string of the molecule is COC(C/C=C/C=C/CC/C=C/CC(C)/C=C/C(=C/C(=O)O)CC(=O)O)/C(C)=C/C=C(/C)C(=O)O. The van der Waals surface area contributed by atoms with Crippen molar-refractivity contribution in [1.29, 1.82) is 0 Å². The Morgan fingerprint density at radius 2 is 1.54 bits per heavy atom. The summed E-state index contributed by atoms with van der Waals surface area (Å²) in [4.78, 5) is 32.4. The predicted octanol–water partition coefficient (Wildman–Crippen LogP) is 5.89. The number of carboxylic acids is 3. The van der Waals surface area contributed by atoms with Gasteiger partial charge in [0.2, 0.25) is 0 Å². The lowest BCUT2D eigenvalue weighted by Crippen LogP contribution is -2.10. The molecule has 7 heteroatoms. The van der Waals surface area contributed by atoms with Gasteiger partial charge in [-0.15, -0.1) is 0 Å². The van der Waals surface area contributed by atoms with Crippen molar-refractivity contribution in [2.45, 2.75) is 59.0 Å². The van der Waals surface area contributed by atoms with Gasteiger partial charge in [-0.2, -0.15) is 0 Å². The molecule has 0 saturated carbocycles. The van der Waals surface area contributed by atoms with E-state index in [4.69, 9.17) is 20.1 Å². The normalized spacial score (nSPS) is 15.5. The molecular weight excluding hydrogens is 448 g/mol. The zero-order valence-corrected chi connectivity index (χ0v) is 21.0. The average molecular weight is 487 g/mol. The molecule has 0 aliphatic rings. The minimum atomic E-state index is -1.16. The van der Waals surface area contributed by atoms with Crippen LogP contribution in [0.4, 0.5) is 0 Å². The molecule has 0 aromatic carbocycles. The third-order valence-electron chi connectivity index (χ3n) is 4.94. The maximum absolute atomic E-state index is 10.9. The van der Waals surface area contributed by atoms with E-state index in [1.807, 2.05) is 38.2 Å². The first-order chi connectivity index (χ1) is 16.6. The van der Waals surface area contributed by atoms with Crippen LogP contribution in [0.2, 0.25) is 0 Å². The quantitative estimate of drug-likeness (QED) is 0.101. The van der Waals surface area contributed by atoms with Crippen molar-refractivity contribution in [3.05, 3.63) is 83.6 Å². The highest BCUT2D eigenvalue weighted by Crippen LogP contribution is 2.12. The van der Waals surface area contributed by atoms with Gasteiger partial charge in [-0.3, -0.25) is 4.79 Å². The lowest BCUT2D eigenvalue weighted by Gasteiger charge is -2.13. The topological polar surface area (TPSA) is 121 Å². The number of ether oxygens (including phenoxy) is 1. The van der Waals surface area contributed by atoms with Crippen LogP contribution in [0.25, 0.3) is 0 Å². The molecule has 0 spiro atoms. The summed E-state index contributed by atoms with van der Waals surface area (Å²) in [5.74, 6) is -3.01. The van der Waals surface area contributed by atoms with Crippen LogP contribution < -0.4 is 0 Å². The summed E-state index contributed by atoms with van der Waals surface area (Å²) < 4.78 is 5.47. The zero-order valence-electron chi connectivity index (χ0n) is 21.0. The van der Waals surface area contributed by atoms with Gasteiger partial charge < -0.3 is 20.1 Å². The Morgan fingerprint density at radius 3 is 2.14 bits per heavy atom. The van der Waals surface area contributed by atoms with Crippen LogP contribution in [0.1, 0.15) is 52.9 Å². The lowest BCUT2D eigenvalue weighted by molar-refractivity contribution is -0.136. The number of unbranched alkanes of at least 4 members (excludes halogenated alkanes) is 1. The van der Waals surface area contributed by atoms with E-state index in [0.29, 0.717) is 6.42 Å². The van der Waals surface area contributed by atoms with E-state index in [9.17, 15) is 14.4 Å². The molecule has 3 N–H and O–H groups in total. The molecule has 0 aromatic heterocycles. The fourth-order valence-electron chi connectivity index (χ4n) is 2.84. The minimum absolute atomic E-state index is 0.115. The smallest absolute Gasteiger partial charge is 0.331 e. The van der Waals surface area contributed by atoms with Crippen LogP contribution in [0.15, 0.2) is 83.6 Å². The molecule has 0 fully saturated rings. The van der Waals surface area contributed by atoms with Gasteiger partial charge in [0, 0.05) is 18.8 Å². The van der Waals surface area contributed by atoms with E-state index in [-0.39, 0.29) is 29.6 Å². The van der Waals surface area contributed by atoms with Crippen LogP contribution in [0.5, 0.6) is 0 Å². The van der Waals surface area contributed by atoms with Crippen LogP contribution in [-0.2, 0) is 19.1 Å². The largest absolute Gasteiger partial charge is 0.481 e. The second-order valence-electron chi connectivity index (χ2n) is 8.13. The van der Waals surface area contributed by atoms with E-state index in [0.717, 1.165) is 30.9 Å². The molecule has 35 heavy (non-hydrogen) atoms. The Bertz CT molecular complexity index is 898. The van der Waals surface area contributed by atoms with Gasteiger partial charge >= 0.3 is 17.9 Å².